The SMILES string of the molecule is CCc1cc(C)c2c(c1)N=C(C)C2(C)C. The first kappa shape index (κ1) is 10.4. The van der Waals surface area contributed by atoms with Gasteiger partial charge in [0, 0.05) is 11.1 Å². The van der Waals surface area contributed by atoms with Crippen LogP contribution in [0.1, 0.15) is 44.4 Å². The average Bonchev–Trinajstić information content (AvgIpc) is 2.37. The molecule has 0 atom stereocenters. The molecule has 0 bridgehead atoms. The molecule has 80 valence electrons. The van der Waals surface area contributed by atoms with E-state index in [0.29, 0.717) is 0 Å². The van der Waals surface area contributed by atoms with Gasteiger partial charge < -0.3 is 0 Å². The van der Waals surface area contributed by atoms with Gasteiger partial charge in [-0.2, -0.15) is 0 Å². The number of benzene rings is 1. The van der Waals surface area contributed by atoms with E-state index in [1.54, 1.807) is 0 Å². The topological polar surface area (TPSA) is 12.4 Å². The first-order valence-corrected chi connectivity index (χ1v) is 5.66. The van der Waals surface area contributed by atoms with Crippen LogP contribution in [0.5, 0.6) is 0 Å². The van der Waals surface area contributed by atoms with Gasteiger partial charge in [-0.3, -0.25) is 4.99 Å². The van der Waals surface area contributed by atoms with E-state index in [9.17, 15) is 0 Å². The normalized spacial score (nSPS) is 17.5. The number of aryl methyl sites for hydroxylation is 2. The van der Waals surface area contributed by atoms with Crippen LogP contribution in [0, 0.1) is 6.92 Å². The van der Waals surface area contributed by atoms with Crippen molar-refractivity contribution in [1.29, 1.82) is 0 Å². The van der Waals surface area contributed by atoms with Crippen LogP contribution in [-0.4, -0.2) is 5.71 Å². The second-order valence-corrected chi connectivity index (χ2v) is 4.98. The van der Waals surface area contributed by atoms with E-state index in [1.807, 2.05) is 0 Å². The molecule has 2 rings (SSSR count). The Labute approximate surface area is 92.2 Å². The maximum absolute atomic E-state index is 4.69. The van der Waals surface area contributed by atoms with Crippen LogP contribution in [0.25, 0.3) is 0 Å². The van der Waals surface area contributed by atoms with Crippen molar-refractivity contribution in [3.8, 4) is 0 Å². The molecule has 1 nitrogen and oxygen atoms in total. The monoisotopic (exact) mass is 201 g/mol. The zero-order valence-corrected chi connectivity index (χ0v) is 10.3. The molecule has 1 aliphatic rings. The molecule has 1 heterocycles. The molecule has 0 radical (unpaired) electrons. The van der Waals surface area contributed by atoms with Crippen molar-refractivity contribution >= 4 is 11.4 Å². The molecule has 1 heteroatoms. The maximum atomic E-state index is 4.69. The van der Waals surface area contributed by atoms with Crippen molar-refractivity contribution in [2.45, 2.75) is 46.5 Å². The molecule has 0 spiro atoms. The number of hydrogen-bond acceptors (Lipinski definition) is 1. The van der Waals surface area contributed by atoms with Gasteiger partial charge >= 0.3 is 0 Å². The minimum Gasteiger partial charge on any atom is -0.257 e. The Kier molecular flexibility index (Phi) is 2.22. The lowest BCUT2D eigenvalue weighted by atomic mass is 9.79. The highest BCUT2D eigenvalue weighted by molar-refractivity contribution is 6.00. The Morgan fingerprint density at radius 2 is 1.87 bits per heavy atom. The highest BCUT2D eigenvalue weighted by atomic mass is 14.8. The quantitative estimate of drug-likeness (QED) is 0.652. The molecule has 0 N–H and O–H groups in total. The van der Waals surface area contributed by atoms with Crippen LogP contribution in [0.3, 0.4) is 0 Å². The zero-order valence-electron chi connectivity index (χ0n) is 10.3. The fourth-order valence-corrected chi connectivity index (χ4v) is 2.45. The van der Waals surface area contributed by atoms with Gasteiger partial charge in [-0.1, -0.05) is 26.8 Å². The van der Waals surface area contributed by atoms with Crippen molar-refractivity contribution in [2.24, 2.45) is 4.99 Å². The third-order valence-corrected chi connectivity index (χ3v) is 3.60. The molecular formula is C14H19N. The van der Waals surface area contributed by atoms with E-state index < -0.39 is 0 Å². The van der Waals surface area contributed by atoms with Crippen LogP contribution in [0.2, 0.25) is 0 Å². The maximum Gasteiger partial charge on any atom is 0.0675 e. The zero-order chi connectivity index (χ0) is 11.2. The Hall–Kier alpha value is -1.11. The first-order chi connectivity index (χ1) is 6.96. The fourth-order valence-electron chi connectivity index (χ4n) is 2.45. The number of hydrogen-bond donors (Lipinski definition) is 0. The predicted octanol–water partition coefficient (Wildman–Crippen LogP) is 3.94. The van der Waals surface area contributed by atoms with E-state index in [-0.39, 0.29) is 5.41 Å². The second kappa shape index (κ2) is 3.19. The highest BCUT2D eigenvalue weighted by Gasteiger charge is 2.33. The summed E-state index contributed by atoms with van der Waals surface area (Å²) in [5.74, 6) is 0. The molecule has 0 saturated carbocycles. The summed E-state index contributed by atoms with van der Waals surface area (Å²) in [5, 5.41) is 0. The Bertz CT molecular complexity index is 439. The molecule has 0 aromatic heterocycles. The van der Waals surface area contributed by atoms with Crippen LogP contribution in [0.4, 0.5) is 5.69 Å². The number of fused-ring (bicyclic) bond motifs is 1. The van der Waals surface area contributed by atoms with E-state index in [2.05, 4.69) is 46.8 Å². The third kappa shape index (κ3) is 1.41. The molecule has 1 aliphatic heterocycles. The summed E-state index contributed by atoms with van der Waals surface area (Å²) in [6.45, 7) is 11.0. The lowest BCUT2D eigenvalue weighted by Gasteiger charge is -2.22. The summed E-state index contributed by atoms with van der Waals surface area (Å²) >= 11 is 0. The summed E-state index contributed by atoms with van der Waals surface area (Å²) in [4.78, 5) is 4.69. The summed E-state index contributed by atoms with van der Waals surface area (Å²) in [5.41, 5.74) is 6.72. The average molecular weight is 201 g/mol. The molecule has 0 saturated heterocycles. The van der Waals surface area contributed by atoms with Crippen molar-refractivity contribution in [3.05, 3.63) is 28.8 Å². The fraction of sp³-hybridized carbons (Fsp3) is 0.500. The summed E-state index contributed by atoms with van der Waals surface area (Å²) in [6, 6.07) is 4.54. The summed E-state index contributed by atoms with van der Waals surface area (Å²) < 4.78 is 0. The van der Waals surface area contributed by atoms with Gasteiger partial charge in [-0.05, 0) is 43.0 Å². The molecule has 15 heavy (non-hydrogen) atoms. The number of nitrogens with zero attached hydrogens (tertiary/aromatic N) is 1. The standard InChI is InChI=1S/C14H19N/c1-6-11-7-9(2)13-12(8-11)15-10(3)14(13,4)5/h7-8H,6H2,1-5H3. The van der Waals surface area contributed by atoms with Crippen molar-refractivity contribution in [2.75, 3.05) is 0 Å². The van der Waals surface area contributed by atoms with Gasteiger partial charge in [0.1, 0.15) is 0 Å². The Balaban J connectivity index is 2.67. The van der Waals surface area contributed by atoms with Gasteiger partial charge in [0.05, 0.1) is 5.69 Å². The second-order valence-electron chi connectivity index (χ2n) is 4.98. The molecule has 1 aromatic carbocycles. The first-order valence-electron chi connectivity index (χ1n) is 5.66. The molecule has 0 amide bonds. The van der Waals surface area contributed by atoms with Gasteiger partial charge in [0.25, 0.3) is 0 Å². The van der Waals surface area contributed by atoms with Crippen molar-refractivity contribution in [1.82, 2.24) is 0 Å². The number of aliphatic imine (C=N–C) groups is 1. The molecule has 0 aliphatic carbocycles. The molecule has 1 aromatic rings. The minimum atomic E-state index is 0.117. The van der Waals surface area contributed by atoms with Crippen LogP contribution >= 0.6 is 0 Å². The van der Waals surface area contributed by atoms with Crippen molar-refractivity contribution < 1.29 is 0 Å². The number of rotatable bonds is 1. The van der Waals surface area contributed by atoms with Crippen LogP contribution < -0.4 is 0 Å². The summed E-state index contributed by atoms with van der Waals surface area (Å²) in [6.07, 6.45) is 1.09. The van der Waals surface area contributed by atoms with E-state index in [4.69, 9.17) is 4.99 Å². The Morgan fingerprint density at radius 1 is 1.20 bits per heavy atom. The lowest BCUT2D eigenvalue weighted by molar-refractivity contribution is 0.726. The lowest BCUT2D eigenvalue weighted by Crippen LogP contribution is -2.23. The third-order valence-electron chi connectivity index (χ3n) is 3.60. The van der Waals surface area contributed by atoms with E-state index in [0.717, 1.165) is 6.42 Å². The molecule has 0 fully saturated rings. The highest BCUT2D eigenvalue weighted by Crippen LogP contribution is 2.42. The van der Waals surface area contributed by atoms with Gasteiger partial charge in [0.2, 0.25) is 0 Å². The largest absolute Gasteiger partial charge is 0.257 e. The van der Waals surface area contributed by atoms with Gasteiger partial charge in [0.15, 0.2) is 0 Å². The van der Waals surface area contributed by atoms with Gasteiger partial charge in [-0.15, -0.1) is 0 Å². The van der Waals surface area contributed by atoms with Crippen LogP contribution in [-0.2, 0) is 11.8 Å². The Morgan fingerprint density at radius 3 is 2.47 bits per heavy atom. The molecule has 0 unspecified atom stereocenters. The summed E-state index contributed by atoms with van der Waals surface area (Å²) in [7, 11) is 0. The smallest absolute Gasteiger partial charge is 0.0675 e. The predicted molar refractivity (Wildman–Crippen MR) is 66.4 cm³/mol. The molecular weight excluding hydrogens is 182 g/mol. The van der Waals surface area contributed by atoms with E-state index >= 15 is 0 Å². The van der Waals surface area contributed by atoms with Crippen molar-refractivity contribution in [3.63, 3.8) is 0 Å². The van der Waals surface area contributed by atoms with Crippen LogP contribution in [0.15, 0.2) is 17.1 Å². The van der Waals surface area contributed by atoms with Gasteiger partial charge in [-0.25, -0.2) is 0 Å². The van der Waals surface area contributed by atoms with E-state index in [1.165, 1.54) is 28.1 Å². The minimum absolute atomic E-state index is 0.117.